The summed E-state index contributed by atoms with van der Waals surface area (Å²) < 4.78 is 0. The van der Waals surface area contributed by atoms with E-state index in [4.69, 9.17) is 0 Å². The van der Waals surface area contributed by atoms with Crippen LogP contribution in [0, 0.1) is 11.8 Å². The molecular formula is C16H30N2O. The molecule has 19 heavy (non-hydrogen) atoms. The molecule has 0 heterocycles. The van der Waals surface area contributed by atoms with Crippen LogP contribution >= 0.6 is 0 Å². The summed E-state index contributed by atoms with van der Waals surface area (Å²) in [6, 6.07) is 0.564. The minimum atomic E-state index is 0.150. The van der Waals surface area contributed by atoms with Gasteiger partial charge in [-0.3, -0.25) is 0 Å². The van der Waals surface area contributed by atoms with Crippen molar-refractivity contribution >= 4 is 6.03 Å². The van der Waals surface area contributed by atoms with E-state index >= 15 is 0 Å². The standard InChI is InChI=1S/C16H30N2O/c1-3-14-10-6-7-11-15(14)17-16(19)18(2)12-13-8-4-5-9-13/h13-15H,3-12H2,1-2H3,(H,17,19)/t14-,15-/m0/s1. The number of carbonyl (C=O) groups excluding carboxylic acids is 1. The van der Waals surface area contributed by atoms with Crippen molar-refractivity contribution in [1.82, 2.24) is 10.2 Å². The van der Waals surface area contributed by atoms with Crippen molar-refractivity contribution in [2.75, 3.05) is 13.6 Å². The highest BCUT2D eigenvalue weighted by molar-refractivity contribution is 5.74. The first kappa shape index (κ1) is 14.7. The third kappa shape index (κ3) is 4.12. The SMILES string of the molecule is CC[C@H]1CCCC[C@@H]1NC(=O)N(C)CC1CCCC1. The molecule has 2 saturated carbocycles. The van der Waals surface area contributed by atoms with Gasteiger partial charge < -0.3 is 10.2 Å². The molecule has 2 aliphatic rings. The zero-order valence-electron chi connectivity index (χ0n) is 12.7. The number of carbonyl (C=O) groups is 1. The van der Waals surface area contributed by atoms with Gasteiger partial charge in [0.15, 0.2) is 0 Å². The lowest BCUT2D eigenvalue weighted by atomic mass is 9.83. The van der Waals surface area contributed by atoms with Crippen LogP contribution in [0.3, 0.4) is 0 Å². The lowest BCUT2D eigenvalue weighted by molar-refractivity contribution is 0.181. The van der Waals surface area contributed by atoms with Crippen molar-refractivity contribution in [2.24, 2.45) is 11.8 Å². The normalized spacial score (nSPS) is 28.3. The van der Waals surface area contributed by atoms with Gasteiger partial charge >= 0.3 is 6.03 Å². The van der Waals surface area contributed by atoms with Crippen LogP contribution in [0.25, 0.3) is 0 Å². The third-order valence-electron chi connectivity index (χ3n) is 5.10. The molecular weight excluding hydrogens is 236 g/mol. The smallest absolute Gasteiger partial charge is 0.317 e. The van der Waals surface area contributed by atoms with Gasteiger partial charge in [0.25, 0.3) is 0 Å². The van der Waals surface area contributed by atoms with Crippen LogP contribution in [0.15, 0.2) is 0 Å². The topological polar surface area (TPSA) is 32.3 Å². The van der Waals surface area contributed by atoms with Gasteiger partial charge in [0.05, 0.1) is 0 Å². The van der Waals surface area contributed by atoms with Gasteiger partial charge in [-0.05, 0) is 37.5 Å². The Morgan fingerprint density at radius 3 is 2.42 bits per heavy atom. The zero-order valence-corrected chi connectivity index (χ0v) is 12.7. The highest BCUT2D eigenvalue weighted by Crippen LogP contribution is 2.27. The summed E-state index contributed by atoms with van der Waals surface area (Å²) in [4.78, 5) is 14.2. The first-order valence-electron chi connectivity index (χ1n) is 8.22. The Balaban J connectivity index is 1.78. The van der Waals surface area contributed by atoms with Crippen LogP contribution < -0.4 is 5.32 Å². The van der Waals surface area contributed by atoms with Gasteiger partial charge in [-0.25, -0.2) is 4.79 Å². The van der Waals surface area contributed by atoms with Crippen molar-refractivity contribution < 1.29 is 4.79 Å². The molecule has 2 aliphatic carbocycles. The Hall–Kier alpha value is -0.730. The molecule has 3 heteroatoms. The van der Waals surface area contributed by atoms with Gasteiger partial charge in [0.2, 0.25) is 0 Å². The summed E-state index contributed by atoms with van der Waals surface area (Å²) in [6.45, 7) is 3.19. The average Bonchev–Trinajstić information content (AvgIpc) is 2.92. The second-order valence-electron chi connectivity index (χ2n) is 6.54. The molecule has 0 bridgehead atoms. The summed E-state index contributed by atoms with van der Waals surface area (Å²) >= 11 is 0. The minimum Gasteiger partial charge on any atom is -0.335 e. The number of nitrogens with one attached hydrogen (secondary N) is 1. The highest BCUT2D eigenvalue weighted by atomic mass is 16.2. The van der Waals surface area contributed by atoms with Crippen LogP contribution in [0.1, 0.15) is 64.7 Å². The molecule has 2 atom stereocenters. The number of hydrogen-bond acceptors (Lipinski definition) is 1. The fraction of sp³-hybridized carbons (Fsp3) is 0.938. The van der Waals surface area contributed by atoms with Crippen LogP contribution in [-0.4, -0.2) is 30.6 Å². The fourth-order valence-corrected chi connectivity index (χ4v) is 3.82. The summed E-state index contributed by atoms with van der Waals surface area (Å²) in [5, 5.41) is 3.28. The van der Waals surface area contributed by atoms with Crippen molar-refractivity contribution in [1.29, 1.82) is 0 Å². The molecule has 0 unspecified atom stereocenters. The Kier molecular flexibility index (Phi) is 5.53. The summed E-state index contributed by atoms with van der Waals surface area (Å²) in [6.07, 6.45) is 11.6. The minimum absolute atomic E-state index is 0.150. The van der Waals surface area contributed by atoms with E-state index in [9.17, 15) is 4.79 Å². The van der Waals surface area contributed by atoms with Crippen LogP contribution in [0.2, 0.25) is 0 Å². The number of urea groups is 1. The molecule has 1 N–H and O–H groups in total. The first-order valence-corrected chi connectivity index (χ1v) is 8.22. The maximum Gasteiger partial charge on any atom is 0.317 e. The Morgan fingerprint density at radius 2 is 1.74 bits per heavy atom. The molecule has 2 rings (SSSR count). The highest BCUT2D eigenvalue weighted by Gasteiger charge is 2.27. The second-order valence-corrected chi connectivity index (χ2v) is 6.54. The van der Waals surface area contributed by atoms with Gasteiger partial charge in [0.1, 0.15) is 0 Å². The van der Waals surface area contributed by atoms with E-state index in [0.29, 0.717) is 12.0 Å². The maximum atomic E-state index is 12.3. The predicted octanol–water partition coefficient (Wildman–Crippen LogP) is 3.79. The zero-order chi connectivity index (χ0) is 13.7. The molecule has 0 aliphatic heterocycles. The summed E-state index contributed by atoms with van der Waals surface area (Å²) in [7, 11) is 1.96. The Labute approximate surface area is 118 Å². The summed E-state index contributed by atoms with van der Waals surface area (Å²) in [5.74, 6) is 1.43. The monoisotopic (exact) mass is 266 g/mol. The maximum absolute atomic E-state index is 12.3. The fourth-order valence-electron chi connectivity index (χ4n) is 3.82. The number of rotatable bonds is 4. The van der Waals surface area contributed by atoms with Crippen molar-refractivity contribution in [3.63, 3.8) is 0 Å². The predicted molar refractivity (Wildman–Crippen MR) is 79.2 cm³/mol. The van der Waals surface area contributed by atoms with E-state index in [0.717, 1.165) is 12.5 Å². The number of nitrogens with zero attached hydrogens (tertiary/aromatic N) is 1. The third-order valence-corrected chi connectivity index (χ3v) is 5.10. The van der Waals surface area contributed by atoms with E-state index in [2.05, 4.69) is 12.2 Å². The molecule has 3 nitrogen and oxygen atoms in total. The van der Waals surface area contributed by atoms with E-state index in [1.54, 1.807) is 0 Å². The molecule has 0 saturated heterocycles. The Morgan fingerprint density at radius 1 is 1.11 bits per heavy atom. The molecule has 0 radical (unpaired) electrons. The molecule has 110 valence electrons. The molecule has 2 fully saturated rings. The van der Waals surface area contributed by atoms with E-state index in [1.807, 2.05) is 11.9 Å². The van der Waals surface area contributed by atoms with E-state index in [-0.39, 0.29) is 6.03 Å². The van der Waals surface area contributed by atoms with Crippen LogP contribution in [0.4, 0.5) is 4.79 Å². The first-order chi connectivity index (χ1) is 9.20. The molecule has 0 spiro atoms. The van der Waals surface area contributed by atoms with E-state index < -0.39 is 0 Å². The summed E-state index contributed by atoms with van der Waals surface area (Å²) in [5.41, 5.74) is 0. The number of amides is 2. The second kappa shape index (κ2) is 7.16. The lowest BCUT2D eigenvalue weighted by Gasteiger charge is -2.33. The largest absolute Gasteiger partial charge is 0.335 e. The van der Waals surface area contributed by atoms with Gasteiger partial charge in [-0.1, -0.05) is 39.0 Å². The molecule has 0 aromatic heterocycles. The molecule has 2 amide bonds. The quantitative estimate of drug-likeness (QED) is 0.825. The van der Waals surface area contributed by atoms with Gasteiger partial charge in [-0.15, -0.1) is 0 Å². The Bertz CT molecular complexity index is 286. The molecule has 0 aromatic carbocycles. The van der Waals surface area contributed by atoms with Crippen molar-refractivity contribution in [2.45, 2.75) is 70.8 Å². The van der Waals surface area contributed by atoms with Gasteiger partial charge in [-0.2, -0.15) is 0 Å². The van der Waals surface area contributed by atoms with E-state index in [1.165, 1.54) is 57.8 Å². The van der Waals surface area contributed by atoms with Crippen molar-refractivity contribution in [3.05, 3.63) is 0 Å². The average molecular weight is 266 g/mol. The lowest BCUT2D eigenvalue weighted by Crippen LogP contribution is -2.48. The van der Waals surface area contributed by atoms with Crippen molar-refractivity contribution in [3.8, 4) is 0 Å². The van der Waals surface area contributed by atoms with Gasteiger partial charge in [0, 0.05) is 19.6 Å². The number of hydrogen-bond donors (Lipinski definition) is 1. The molecule has 0 aromatic rings. The van der Waals surface area contributed by atoms with Crippen LogP contribution in [0.5, 0.6) is 0 Å². The van der Waals surface area contributed by atoms with Crippen LogP contribution in [-0.2, 0) is 0 Å².